The van der Waals surface area contributed by atoms with Crippen LogP contribution in [-0.2, 0) is 33.3 Å². The molecule has 0 fully saturated rings. The number of hydrogen-bond acceptors (Lipinski definition) is 7. The standard InChI is InChI=1S/C59H115NO8/c1-6-8-10-12-14-16-18-20-22-24-25-26-27-28-29-30-31-32-33-34-36-38-40-42-44-46-48-50-57(62)68-55(54-67-59(58(63)64)65-52-51-60(3,4)5)53-66-56(61)49-47-45-43-41-39-37-35-23-21-19-17-15-13-11-9-7-2/h55,59H,6-54H2,1-5H3/p+1. The number of ether oxygens (including phenoxy) is 4. The van der Waals surface area contributed by atoms with Crippen molar-refractivity contribution >= 4 is 17.9 Å². The molecule has 0 aromatic carbocycles. The molecule has 0 aliphatic carbocycles. The summed E-state index contributed by atoms with van der Waals surface area (Å²) in [4.78, 5) is 37.4. The van der Waals surface area contributed by atoms with Crippen LogP contribution in [0.15, 0.2) is 0 Å². The van der Waals surface area contributed by atoms with E-state index in [0.29, 0.717) is 17.4 Å². The highest BCUT2D eigenvalue weighted by atomic mass is 16.7. The maximum Gasteiger partial charge on any atom is 0.361 e. The van der Waals surface area contributed by atoms with Crippen LogP contribution in [-0.4, -0.2) is 87.4 Å². The molecule has 9 heteroatoms. The number of unbranched alkanes of at least 4 members (excludes halogenated alkanes) is 41. The Morgan fingerprint density at radius 1 is 0.382 bits per heavy atom. The summed E-state index contributed by atoms with van der Waals surface area (Å²) in [6.45, 7) is 4.95. The lowest BCUT2D eigenvalue weighted by Gasteiger charge is -2.25. The van der Waals surface area contributed by atoms with E-state index in [2.05, 4.69) is 13.8 Å². The van der Waals surface area contributed by atoms with Crippen molar-refractivity contribution in [1.82, 2.24) is 0 Å². The second-order valence-electron chi connectivity index (χ2n) is 21.7. The number of carboxylic acid groups (broad SMARTS) is 1. The Bertz CT molecular complexity index is 1080. The molecule has 0 aromatic rings. The summed E-state index contributed by atoms with van der Waals surface area (Å²) < 4.78 is 22.9. The molecule has 404 valence electrons. The fourth-order valence-electron chi connectivity index (χ4n) is 9.02. The molecule has 68 heavy (non-hydrogen) atoms. The van der Waals surface area contributed by atoms with Crippen molar-refractivity contribution in [3.63, 3.8) is 0 Å². The summed E-state index contributed by atoms with van der Waals surface area (Å²) in [5.41, 5.74) is 0. The maximum absolute atomic E-state index is 12.9. The summed E-state index contributed by atoms with van der Waals surface area (Å²) in [6, 6.07) is 0. The minimum Gasteiger partial charge on any atom is -0.477 e. The van der Waals surface area contributed by atoms with Crippen molar-refractivity contribution in [3.05, 3.63) is 0 Å². The first-order chi connectivity index (χ1) is 33.1. The van der Waals surface area contributed by atoms with E-state index in [1.807, 2.05) is 21.1 Å². The van der Waals surface area contributed by atoms with Gasteiger partial charge in [-0.1, -0.05) is 277 Å². The highest BCUT2D eigenvalue weighted by molar-refractivity contribution is 5.71. The number of esters is 2. The van der Waals surface area contributed by atoms with Crippen LogP contribution in [0.25, 0.3) is 0 Å². The van der Waals surface area contributed by atoms with Crippen LogP contribution < -0.4 is 0 Å². The molecule has 0 radical (unpaired) electrons. The fraction of sp³-hybridized carbons (Fsp3) is 0.949. The van der Waals surface area contributed by atoms with Crippen LogP contribution >= 0.6 is 0 Å². The highest BCUT2D eigenvalue weighted by Gasteiger charge is 2.25. The average molecular weight is 968 g/mol. The third-order valence-electron chi connectivity index (χ3n) is 13.6. The van der Waals surface area contributed by atoms with E-state index >= 15 is 0 Å². The first-order valence-electron chi connectivity index (χ1n) is 29.7. The van der Waals surface area contributed by atoms with Gasteiger partial charge in [0.05, 0.1) is 34.4 Å². The second kappa shape index (κ2) is 51.6. The molecule has 0 aliphatic heterocycles. The van der Waals surface area contributed by atoms with Crippen LogP contribution in [0, 0.1) is 0 Å². The van der Waals surface area contributed by atoms with Gasteiger partial charge in [-0.3, -0.25) is 9.59 Å². The van der Waals surface area contributed by atoms with Crippen molar-refractivity contribution in [3.8, 4) is 0 Å². The Hall–Kier alpha value is -1.71. The normalized spacial score (nSPS) is 12.7. The second-order valence-corrected chi connectivity index (χ2v) is 21.7. The third kappa shape index (κ3) is 52.1. The quantitative estimate of drug-likeness (QED) is 0.0278. The molecular formula is C59H116NO8+. The topological polar surface area (TPSA) is 108 Å². The number of hydrogen-bond donors (Lipinski definition) is 1. The molecule has 0 spiro atoms. The van der Waals surface area contributed by atoms with Gasteiger partial charge in [0.25, 0.3) is 6.29 Å². The zero-order chi connectivity index (χ0) is 49.9. The van der Waals surface area contributed by atoms with Crippen molar-refractivity contribution in [2.75, 3.05) is 47.5 Å². The van der Waals surface area contributed by atoms with Gasteiger partial charge in [0.1, 0.15) is 13.2 Å². The Morgan fingerprint density at radius 3 is 0.941 bits per heavy atom. The Balaban J connectivity index is 4.12. The number of carbonyl (C=O) groups excluding carboxylic acids is 2. The number of rotatable bonds is 56. The predicted octanol–water partition coefficient (Wildman–Crippen LogP) is 17.2. The van der Waals surface area contributed by atoms with Gasteiger partial charge in [0.2, 0.25) is 0 Å². The van der Waals surface area contributed by atoms with Crippen molar-refractivity contribution in [2.45, 2.75) is 315 Å². The smallest absolute Gasteiger partial charge is 0.361 e. The average Bonchev–Trinajstić information content (AvgIpc) is 3.30. The number of carboxylic acids is 1. The Kier molecular flexibility index (Phi) is 50.3. The molecule has 0 amide bonds. The SMILES string of the molecule is CCCCCCCCCCCCCCCCCCCCCCCCCCCCCC(=O)OC(COC(=O)CCCCCCCCCCCCCCCCCC)COC(OCC[N+](C)(C)C)C(=O)O. The van der Waals surface area contributed by atoms with Gasteiger partial charge in [-0.15, -0.1) is 0 Å². The molecule has 9 nitrogen and oxygen atoms in total. The van der Waals surface area contributed by atoms with Gasteiger partial charge in [0.15, 0.2) is 6.10 Å². The number of carbonyl (C=O) groups is 3. The summed E-state index contributed by atoms with van der Waals surface area (Å²) >= 11 is 0. The van der Waals surface area contributed by atoms with E-state index in [0.717, 1.165) is 38.5 Å². The van der Waals surface area contributed by atoms with Crippen LogP contribution in [0.4, 0.5) is 0 Å². The van der Waals surface area contributed by atoms with Gasteiger partial charge in [-0.25, -0.2) is 4.79 Å². The van der Waals surface area contributed by atoms with E-state index in [1.54, 1.807) is 0 Å². The van der Waals surface area contributed by atoms with Crippen LogP contribution in [0.1, 0.15) is 303 Å². The van der Waals surface area contributed by atoms with Crippen LogP contribution in [0.5, 0.6) is 0 Å². The molecule has 1 N–H and O–H groups in total. The van der Waals surface area contributed by atoms with Gasteiger partial charge in [-0.2, -0.15) is 0 Å². The van der Waals surface area contributed by atoms with Gasteiger partial charge in [-0.05, 0) is 12.8 Å². The Labute approximate surface area is 422 Å². The minimum atomic E-state index is -1.50. The number of quaternary nitrogens is 1. The molecular weight excluding hydrogens is 851 g/mol. The van der Waals surface area contributed by atoms with Gasteiger partial charge in [0, 0.05) is 12.8 Å². The lowest BCUT2D eigenvalue weighted by molar-refractivity contribution is -0.870. The number of aliphatic carboxylic acids is 1. The van der Waals surface area contributed by atoms with Crippen LogP contribution in [0.2, 0.25) is 0 Å². The van der Waals surface area contributed by atoms with Crippen LogP contribution in [0.3, 0.4) is 0 Å². The van der Waals surface area contributed by atoms with E-state index in [4.69, 9.17) is 18.9 Å². The predicted molar refractivity (Wildman–Crippen MR) is 286 cm³/mol. The minimum absolute atomic E-state index is 0.172. The number of likely N-dealkylation sites (N-methyl/N-ethyl adjacent to an activating group) is 1. The van der Waals surface area contributed by atoms with E-state index < -0.39 is 18.4 Å². The summed E-state index contributed by atoms with van der Waals surface area (Å²) in [5, 5.41) is 9.70. The van der Waals surface area contributed by atoms with E-state index in [9.17, 15) is 19.5 Å². The molecule has 0 bridgehead atoms. The lowest BCUT2D eigenvalue weighted by atomic mass is 10.0. The first-order valence-corrected chi connectivity index (χ1v) is 29.7. The van der Waals surface area contributed by atoms with Gasteiger partial charge >= 0.3 is 17.9 Å². The zero-order valence-electron chi connectivity index (χ0n) is 46.1. The highest BCUT2D eigenvalue weighted by Crippen LogP contribution is 2.18. The number of nitrogens with zero attached hydrogens (tertiary/aromatic N) is 1. The molecule has 0 heterocycles. The molecule has 0 aliphatic rings. The summed E-state index contributed by atoms with van der Waals surface area (Å²) in [6.07, 6.45) is 54.7. The molecule has 2 atom stereocenters. The van der Waals surface area contributed by atoms with Gasteiger partial charge < -0.3 is 28.5 Å². The summed E-state index contributed by atoms with van der Waals surface area (Å²) in [7, 11) is 5.98. The molecule has 0 rings (SSSR count). The maximum atomic E-state index is 12.9. The van der Waals surface area contributed by atoms with Crippen molar-refractivity contribution in [1.29, 1.82) is 0 Å². The molecule has 0 saturated carbocycles. The molecule has 0 aromatic heterocycles. The zero-order valence-corrected chi connectivity index (χ0v) is 46.1. The van der Waals surface area contributed by atoms with E-state index in [1.165, 1.54) is 238 Å². The largest absolute Gasteiger partial charge is 0.477 e. The molecule has 2 unspecified atom stereocenters. The fourth-order valence-corrected chi connectivity index (χ4v) is 9.02. The van der Waals surface area contributed by atoms with E-state index in [-0.39, 0.29) is 38.2 Å². The third-order valence-corrected chi connectivity index (χ3v) is 13.6. The summed E-state index contributed by atoms with van der Waals surface area (Å²) in [5.74, 6) is -1.97. The van der Waals surface area contributed by atoms with Crippen molar-refractivity contribution in [2.24, 2.45) is 0 Å². The monoisotopic (exact) mass is 967 g/mol. The lowest BCUT2D eigenvalue weighted by Crippen LogP contribution is -2.40. The first kappa shape index (κ1) is 66.3. The van der Waals surface area contributed by atoms with Crippen molar-refractivity contribution < 1.29 is 42.9 Å². The Morgan fingerprint density at radius 2 is 0.662 bits per heavy atom. The molecule has 0 saturated heterocycles.